The number of rotatable bonds is 3. The SMILES string of the molecule is Cc1sc2ncnc(SCC(=O)O)c2c1Cl. The molecule has 1 N–H and O–H groups in total. The highest BCUT2D eigenvalue weighted by Gasteiger charge is 2.14. The van der Waals surface area contributed by atoms with E-state index in [9.17, 15) is 4.79 Å². The van der Waals surface area contributed by atoms with Crippen molar-refractivity contribution in [3.05, 3.63) is 16.2 Å². The van der Waals surface area contributed by atoms with Gasteiger partial charge in [0.1, 0.15) is 16.2 Å². The molecule has 16 heavy (non-hydrogen) atoms. The summed E-state index contributed by atoms with van der Waals surface area (Å²) in [6, 6.07) is 0. The molecule has 0 saturated heterocycles. The van der Waals surface area contributed by atoms with Crippen LogP contribution in [0.5, 0.6) is 0 Å². The molecule has 0 bridgehead atoms. The number of hydrogen-bond acceptors (Lipinski definition) is 5. The number of thiophene rings is 1. The number of fused-ring (bicyclic) bond motifs is 1. The molecule has 2 heterocycles. The fraction of sp³-hybridized carbons (Fsp3) is 0.222. The van der Waals surface area contributed by atoms with Gasteiger partial charge >= 0.3 is 5.97 Å². The molecule has 4 nitrogen and oxygen atoms in total. The van der Waals surface area contributed by atoms with Gasteiger partial charge in [-0.3, -0.25) is 4.79 Å². The number of carboxylic acid groups (broad SMARTS) is 1. The lowest BCUT2D eigenvalue weighted by molar-refractivity contribution is -0.133. The molecule has 0 aliphatic rings. The number of aryl methyl sites for hydroxylation is 1. The van der Waals surface area contributed by atoms with Crippen molar-refractivity contribution in [3.63, 3.8) is 0 Å². The van der Waals surface area contributed by atoms with E-state index in [-0.39, 0.29) is 5.75 Å². The van der Waals surface area contributed by atoms with E-state index in [0.717, 1.165) is 26.9 Å². The second-order valence-electron chi connectivity index (χ2n) is 3.01. The van der Waals surface area contributed by atoms with Gasteiger partial charge in [-0.25, -0.2) is 9.97 Å². The van der Waals surface area contributed by atoms with Crippen molar-refractivity contribution in [3.8, 4) is 0 Å². The monoisotopic (exact) mass is 274 g/mol. The molecule has 0 unspecified atom stereocenters. The van der Waals surface area contributed by atoms with E-state index < -0.39 is 5.97 Å². The van der Waals surface area contributed by atoms with E-state index in [1.165, 1.54) is 17.7 Å². The third-order valence-electron chi connectivity index (χ3n) is 1.89. The summed E-state index contributed by atoms with van der Waals surface area (Å²) >= 11 is 8.77. The number of thioether (sulfide) groups is 1. The summed E-state index contributed by atoms with van der Waals surface area (Å²) < 4.78 is 0. The predicted octanol–water partition coefficient (Wildman–Crippen LogP) is 2.83. The molecule has 0 saturated carbocycles. The van der Waals surface area contributed by atoms with Crippen molar-refractivity contribution in [2.45, 2.75) is 11.9 Å². The number of carboxylic acids is 1. The van der Waals surface area contributed by atoms with E-state index >= 15 is 0 Å². The molecule has 0 aliphatic heterocycles. The molecule has 84 valence electrons. The first-order chi connectivity index (χ1) is 7.59. The number of aromatic nitrogens is 2. The quantitative estimate of drug-likeness (QED) is 0.689. The van der Waals surface area contributed by atoms with Crippen LogP contribution in [-0.2, 0) is 4.79 Å². The Balaban J connectivity index is 2.48. The summed E-state index contributed by atoms with van der Waals surface area (Å²) in [6.45, 7) is 1.90. The van der Waals surface area contributed by atoms with Gasteiger partial charge in [-0.2, -0.15) is 0 Å². The summed E-state index contributed by atoms with van der Waals surface area (Å²) in [5, 5.41) is 10.6. The first-order valence-corrected chi connectivity index (χ1v) is 6.51. The standard InChI is InChI=1S/C9H7ClN2O2S2/c1-4-7(10)6-8(15-2-5(13)14)11-3-12-9(6)16-4/h3H,2H2,1H3,(H,13,14). The fourth-order valence-corrected chi connectivity index (χ4v) is 3.30. The molecular formula is C9H7ClN2O2S2. The van der Waals surface area contributed by atoms with Crippen molar-refractivity contribution in [1.82, 2.24) is 9.97 Å². The number of halogens is 1. The third kappa shape index (κ3) is 2.14. The molecule has 0 amide bonds. The van der Waals surface area contributed by atoms with Crippen LogP contribution in [0.25, 0.3) is 10.2 Å². The highest BCUT2D eigenvalue weighted by molar-refractivity contribution is 8.00. The van der Waals surface area contributed by atoms with E-state index in [2.05, 4.69) is 9.97 Å². The van der Waals surface area contributed by atoms with E-state index in [4.69, 9.17) is 16.7 Å². The molecule has 7 heteroatoms. The molecule has 0 atom stereocenters. The highest BCUT2D eigenvalue weighted by Crippen LogP contribution is 2.37. The molecule has 2 rings (SSSR count). The van der Waals surface area contributed by atoms with Crippen LogP contribution in [0.2, 0.25) is 5.02 Å². The smallest absolute Gasteiger partial charge is 0.313 e. The zero-order chi connectivity index (χ0) is 11.7. The number of hydrogen-bond donors (Lipinski definition) is 1. The minimum atomic E-state index is -0.875. The third-order valence-corrected chi connectivity index (χ3v) is 4.46. The summed E-state index contributed by atoms with van der Waals surface area (Å²) in [7, 11) is 0. The molecule has 2 aromatic heterocycles. The summed E-state index contributed by atoms with van der Waals surface area (Å²) in [6.07, 6.45) is 1.43. The van der Waals surface area contributed by atoms with Crippen LogP contribution in [0.3, 0.4) is 0 Å². The average Bonchev–Trinajstić information content (AvgIpc) is 2.52. The summed E-state index contributed by atoms with van der Waals surface area (Å²) in [4.78, 5) is 20.4. The number of aliphatic carboxylic acids is 1. The van der Waals surface area contributed by atoms with Crippen molar-refractivity contribution < 1.29 is 9.90 Å². The van der Waals surface area contributed by atoms with Crippen molar-refractivity contribution >= 4 is 50.9 Å². The Labute approximate surface area is 105 Å². The van der Waals surface area contributed by atoms with Crippen molar-refractivity contribution in [2.24, 2.45) is 0 Å². The minimum absolute atomic E-state index is 0.0304. The second-order valence-corrected chi connectivity index (χ2v) is 5.56. The average molecular weight is 275 g/mol. The lowest BCUT2D eigenvalue weighted by Crippen LogP contribution is -1.98. The van der Waals surface area contributed by atoms with Crippen LogP contribution in [0, 0.1) is 6.92 Å². The Kier molecular flexibility index (Phi) is 3.32. The van der Waals surface area contributed by atoms with Gasteiger partial charge in [-0.15, -0.1) is 11.3 Å². The largest absolute Gasteiger partial charge is 0.481 e. The van der Waals surface area contributed by atoms with Crippen LogP contribution < -0.4 is 0 Å². The van der Waals surface area contributed by atoms with Crippen LogP contribution >= 0.6 is 34.7 Å². The Hall–Kier alpha value is -0.850. The van der Waals surface area contributed by atoms with Gasteiger partial charge < -0.3 is 5.11 Å². The van der Waals surface area contributed by atoms with Crippen LogP contribution in [-0.4, -0.2) is 26.8 Å². The van der Waals surface area contributed by atoms with Gasteiger partial charge in [-0.1, -0.05) is 23.4 Å². The maximum absolute atomic E-state index is 10.5. The Morgan fingerprint density at radius 2 is 2.38 bits per heavy atom. The fourth-order valence-electron chi connectivity index (χ4n) is 1.22. The van der Waals surface area contributed by atoms with Gasteiger partial charge in [0.25, 0.3) is 0 Å². The Bertz CT molecular complexity index is 556. The summed E-state index contributed by atoms with van der Waals surface area (Å²) in [5.41, 5.74) is 0. The topological polar surface area (TPSA) is 63.1 Å². The molecule has 0 spiro atoms. The lowest BCUT2D eigenvalue weighted by atomic mass is 10.4. The zero-order valence-electron chi connectivity index (χ0n) is 8.23. The van der Waals surface area contributed by atoms with Crippen molar-refractivity contribution in [1.29, 1.82) is 0 Å². The van der Waals surface area contributed by atoms with Gasteiger partial charge in [0, 0.05) is 4.88 Å². The van der Waals surface area contributed by atoms with E-state index in [0.29, 0.717) is 10.0 Å². The first-order valence-electron chi connectivity index (χ1n) is 4.33. The Morgan fingerprint density at radius 3 is 3.06 bits per heavy atom. The first kappa shape index (κ1) is 11.6. The lowest BCUT2D eigenvalue weighted by Gasteiger charge is -1.99. The zero-order valence-corrected chi connectivity index (χ0v) is 10.6. The molecule has 2 aromatic rings. The van der Waals surface area contributed by atoms with E-state index in [1.807, 2.05) is 6.92 Å². The van der Waals surface area contributed by atoms with Gasteiger partial charge in [0.15, 0.2) is 0 Å². The molecule has 0 aliphatic carbocycles. The van der Waals surface area contributed by atoms with Crippen LogP contribution in [0.1, 0.15) is 4.88 Å². The maximum atomic E-state index is 10.5. The Morgan fingerprint density at radius 1 is 1.62 bits per heavy atom. The van der Waals surface area contributed by atoms with Crippen molar-refractivity contribution in [2.75, 3.05) is 5.75 Å². The molecule has 0 fully saturated rings. The van der Waals surface area contributed by atoms with Gasteiger partial charge in [0.2, 0.25) is 0 Å². The molecule has 0 aromatic carbocycles. The van der Waals surface area contributed by atoms with Crippen LogP contribution in [0.15, 0.2) is 11.4 Å². The normalized spacial score (nSPS) is 10.9. The molecule has 0 radical (unpaired) electrons. The van der Waals surface area contributed by atoms with Gasteiger partial charge in [-0.05, 0) is 6.92 Å². The number of nitrogens with zero attached hydrogens (tertiary/aromatic N) is 2. The maximum Gasteiger partial charge on any atom is 0.313 e. The predicted molar refractivity (Wildman–Crippen MR) is 65.5 cm³/mol. The highest BCUT2D eigenvalue weighted by atomic mass is 35.5. The van der Waals surface area contributed by atoms with E-state index in [1.54, 1.807) is 0 Å². The van der Waals surface area contributed by atoms with Gasteiger partial charge in [0.05, 0.1) is 16.2 Å². The minimum Gasteiger partial charge on any atom is -0.481 e. The number of carbonyl (C=O) groups is 1. The second kappa shape index (κ2) is 4.57. The summed E-state index contributed by atoms with van der Waals surface area (Å²) in [5.74, 6) is -0.906. The molecular weight excluding hydrogens is 268 g/mol. The van der Waals surface area contributed by atoms with Crippen LogP contribution in [0.4, 0.5) is 0 Å².